The zero-order valence-corrected chi connectivity index (χ0v) is 10.2. The molecule has 3 aromatic rings. The Kier molecular flexibility index (Phi) is 2.94. The van der Waals surface area contributed by atoms with Crippen LogP contribution in [-0.4, -0.2) is 15.2 Å². The van der Waals surface area contributed by atoms with Gasteiger partial charge in [-0.15, -0.1) is 10.2 Å². The van der Waals surface area contributed by atoms with Crippen LogP contribution in [-0.2, 0) is 6.54 Å². The quantitative estimate of drug-likeness (QED) is 0.698. The maximum absolute atomic E-state index is 5.73. The molecule has 2 aromatic carbocycles. The zero-order valence-electron chi connectivity index (χ0n) is 10.2. The van der Waals surface area contributed by atoms with Gasteiger partial charge in [-0.25, -0.2) is 4.98 Å². The normalized spacial score (nSPS) is 10.5. The largest absolute Gasteiger partial charge is 0.399 e. The number of benzene rings is 2. The molecule has 94 valence electrons. The monoisotopic (exact) mass is 251 g/mol. The summed E-state index contributed by atoms with van der Waals surface area (Å²) in [6.45, 7) is 0.616. The van der Waals surface area contributed by atoms with Gasteiger partial charge in [0.05, 0.1) is 5.52 Å². The fourth-order valence-corrected chi connectivity index (χ4v) is 1.84. The first-order valence-corrected chi connectivity index (χ1v) is 5.99. The van der Waals surface area contributed by atoms with E-state index in [0.29, 0.717) is 12.5 Å². The molecule has 0 spiro atoms. The Morgan fingerprint density at radius 1 is 0.947 bits per heavy atom. The molecule has 5 nitrogen and oxygen atoms in total. The van der Waals surface area contributed by atoms with E-state index in [4.69, 9.17) is 5.73 Å². The second-order valence-corrected chi connectivity index (χ2v) is 4.22. The number of anilines is 2. The molecule has 5 heteroatoms. The molecule has 0 radical (unpaired) electrons. The molecule has 3 N–H and O–H groups in total. The summed E-state index contributed by atoms with van der Waals surface area (Å²) in [5.41, 5.74) is 9.17. The predicted molar refractivity (Wildman–Crippen MR) is 75.5 cm³/mol. The highest BCUT2D eigenvalue weighted by Gasteiger charge is 2.00. The molecule has 0 saturated heterocycles. The SMILES string of the molecule is Nc1cccc(CNc2nnc3ccccc3n2)c1. The number of aromatic nitrogens is 3. The Morgan fingerprint density at radius 3 is 2.63 bits per heavy atom. The number of hydrogen-bond acceptors (Lipinski definition) is 5. The van der Waals surface area contributed by atoms with Crippen molar-refractivity contribution >= 4 is 22.7 Å². The predicted octanol–water partition coefficient (Wildman–Crippen LogP) is 2.22. The van der Waals surface area contributed by atoms with Gasteiger partial charge >= 0.3 is 0 Å². The van der Waals surface area contributed by atoms with E-state index in [1.54, 1.807) is 0 Å². The average Bonchev–Trinajstić information content (AvgIpc) is 2.45. The summed E-state index contributed by atoms with van der Waals surface area (Å²) in [4.78, 5) is 4.40. The second-order valence-electron chi connectivity index (χ2n) is 4.22. The van der Waals surface area contributed by atoms with Crippen molar-refractivity contribution in [2.75, 3.05) is 11.1 Å². The van der Waals surface area contributed by atoms with Crippen LogP contribution in [0.1, 0.15) is 5.56 Å². The first-order valence-electron chi connectivity index (χ1n) is 5.99. The molecule has 0 bridgehead atoms. The van der Waals surface area contributed by atoms with Gasteiger partial charge in [0.15, 0.2) is 0 Å². The van der Waals surface area contributed by atoms with Gasteiger partial charge in [0.25, 0.3) is 0 Å². The topological polar surface area (TPSA) is 76.7 Å². The van der Waals surface area contributed by atoms with Gasteiger partial charge in [0.1, 0.15) is 5.52 Å². The highest BCUT2D eigenvalue weighted by atomic mass is 15.2. The van der Waals surface area contributed by atoms with Gasteiger partial charge < -0.3 is 11.1 Å². The maximum atomic E-state index is 5.73. The smallest absolute Gasteiger partial charge is 0.243 e. The lowest BCUT2D eigenvalue weighted by atomic mass is 10.2. The maximum Gasteiger partial charge on any atom is 0.243 e. The van der Waals surface area contributed by atoms with Gasteiger partial charge in [0, 0.05) is 12.2 Å². The molecule has 0 saturated carbocycles. The zero-order chi connectivity index (χ0) is 13.1. The Labute approximate surface area is 110 Å². The molecule has 19 heavy (non-hydrogen) atoms. The lowest BCUT2D eigenvalue weighted by molar-refractivity contribution is 0.984. The molecule has 0 atom stereocenters. The van der Waals surface area contributed by atoms with Gasteiger partial charge in [-0.3, -0.25) is 0 Å². The first kappa shape index (κ1) is 11.4. The molecule has 0 aliphatic carbocycles. The van der Waals surface area contributed by atoms with E-state index in [1.165, 1.54) is 0 Å². The minimum atomic E-state index is 0.515. The van der Waals surface area contributed by atoms with Crippen LogP contribution < -0.4 is 11.1 Å². The molecule has 0 unspecified atom stereocenters. The lowest BCUT2D eigenvalue weighted by Crippen LogP contribution is -2.05. The van der Waals surface area contributed by atoms with Gasteiger partial charge in [0.2, 0.25) is 5.95 Å². The van der Waals surface area contributed by atoms with E-state index in [2.05, 4.69) is 20.5 Å². The van der Waals surface area contributed by atoms with Crippen LogP contribution in [0.4, 0.5) is 11.6 Å². The fraction of sp³-hybridized carbons (Fsp3) is 0.0714. The van der Waals surface area contributed by atoms with Crippen molar-refractivity contribution in [1.82, 2.24) is 15.2 Å². The van der Waals surface area contributed by atoms with Crippen LogP contribution >= 0.6 is 0 Å². The molecule has 1 heterocycles. The minimum Gasteiger partial charge on any atom is -0.399 e. The van der Waals surface area contributed by atoms with Crippen molar-refractivity contribution in [3.63, 3.8) is 0 Å². The number of rotatable bonds is 3. The third-order valence-corrected chi connectivity index (χ3v) is 2.76. The second kappa shape index (κ2) is 4.89. The first-order chi connectivity index (χ1) is 9.31. The highest BCUT2D eigenvalue weighted by Crippen LogP contribution is 2.11. The standard InChI is InChI=1S/C14H13N5/c15-11-5-3-4-10(8-11)9-16-14-17-12-6-1-2-7-13(12)18-19-14/h1-8H,9,15H2,(H,16,17,19). The molecule has 0 aliphatic rings. The number of nitrogen functional groups attached to an aromatic ring is 1. The number of para-hydroxylation sites is 1. The number of nitrogens with one attached hydrogen (secondary N) is 1. The molecule has 0 fully saturated rings. The Balaban J connectivity index is 1.78. The lowest BCUT2D eigenvalue weighted by Gasteiger charge is -2.05. The van der Waals surface area contributed by atoms with Gasteiger partial charge in [-0.2, -0.15) is 0 Å². The summed E-state index contributed by atoms with van der Waals surface area (Å²) in [5, 5.41) is 11.3. The van der Waals surface area contributed by atoms with Crippen molar-refractivity contribution in [3.05, 3.63) is 54.1 Å². The van der Waals surface area contributed by atoms with Gasteiger partial charge in [-0.1, -0.05) is 24.3 Å². The van der Waals surface area contributed by atoms with Crippen molar-refractivity contribution in [2.45, 2.75) is 6.54 Å². The Hall–Kier alpha value is -2.69. The average molecular weight is 251 g/mol. The van der Waals surface area contributed by atoms with E-state index in [0.717, 1.165) is 22.3 Å². The summed E-state index contributed by atoms with van der Waals surface area (Å²) < 4.78 is 0. The van der Waals surface area contributed by atoms with Gasteiger partial charge in [-0.05, 0) is 29.8 Å². The summed E-state index contributed by atoms with van der Waals surface area (Å²) in [6, 6.07) is 15.3. The Bertz CT molecular complexity index is 711. The van der Waals surface area contributed by atoms with Crippen LogP contribution in [0.3, 0.4) is 0 Å². The fourth-order valence-electron chi connectivity index (χ4n) is 1.84. The minimum absolute atomic E-state index is 0.515. The molecule has 0 aliphatic heterocycles. The molecule has 3 rings (SSSR count). The van der Waals surface area contributed by atoms with Crippen molar-refractivity contribution in [1.29, 1.82) is 0 Å². The number of nitrogens with zero attached hydrogens (tertiary/aromatic N) is 3. The number of nitrogens with two attached hydrogens (primary N) is 1. The Morgan fingerprint density at radius 2 is 1.79 bits per heavy atom. The number of hydrogen-bond donors (Lipinski definition) is 2. The molecule has 0 amide bonds. The van der Waals surface area contributed by atoms with E-state index >= 15 is 0 Å². The van der Waals surface area contributed by atoms with E-state index in [-0.39, 0.29) is 0 Å². The van der Waals surface area contributed by atoms with Crippen molar-refractivity contribution < 1.29 is 0 Å². The van der Waals surface area contributed by atoms with E-state index in [9.17, 15) is 0 Å². The molecule has 1 aromatic heterocycles. The van der Waals surface area contributed by atoms with Crippen molar-refractivity contribution in [3.8, 4) is 0 Å². The number of fused-ring (bicyclic) bond motifs is 1. The molecular weight excluding hydrogens is 238 g/mol. The summed E-state index contributed by atoms with van der Waals surface area (Å²) >= 11 is 0. The van der Waals surface area contributed by atoms with Crippen LogP contribution in [0.5, 0.6) is 0 Å². The third-order valence-electron chi connectivity index (χ3n) is 2.76. The summed E-state index contributed by atoms with van der Waals surface area (Å²) in [6.07, 6.45) is 0. The van der Waals surface area contributed by atoms with Crippen molar-refractivity contribution in [2.24, 2.45) is 0 Å². The van der Waals surface area contributed by atoms with Crippen LogP contribution in [0.2, 0.25) is 0 Å². The third kappa shape index (κ3) is 2.60. The van der Waals surface area contributed by atoms with E-state index in [1.807, 2.05) is 48.5 Å². The summed E-state index contributed by atoms with van der Waals surface area (Å²) in [7, 11) is 0. The molecular formula is C14H13N5. The summed E-state index contributed by atoms with van der Waals surface area (Å²) in [5.74, 6) is 0.515. The van der Waals surface area contributed by atoms with Crippen LogP contribution in [0.15, 0.2) is 48.5 Å². The van der Waals surface area contributed by atoms with Crippen LogP contribution in [0, 0.1) is 0 Å². The van der Waals surface area contributed by atoms with Crippen LogP contribution in [0.25, 0.3) is 11.0 Å². The highest BCUT2D eigenvalue weighted by molar-refractivity contribution is 5.74. The van der Waals surface area contributed by atoms with E-state index < -0.39 is 0 Å².